The standard InChI is InChI=1S/C18H20N4O/c19-18-9-16(21-14-2-1-3-17(14)23)13-5-4-11(8-15(13)22-18)12-6-7-20-10-12/h4-9,14,17,23H,1-3,10H2,(H3,19,21,22)/t14-,17+/m1/s1. The highest BCUT2D eigenvalue weighted by Gasteiger charge is 2.25. The van der Waals surface area contributed by atoms with Crippen molar-refractivity contribution in [1.29, 1.82) is 0 Å². The number of hydrogen-bond donors (Lipinski definition) is 3. The first-order valence-electron chi connectivity index (χ1n) is 8.05. The number of allylic oxidation sites excluding steroid dienone is 1. The number of aliphatic imine (C=N–C) groups is 1. The van der Waals surface area contributed by atoms with Gasteiger partial charge in [-0.3, -0.25) is 4.99 Å². The van der Waals surface area contributed by atoms with Crippen molar-refractivity contribution in [2.24, 2.45) is 4.99 Å². The lowest BCUT2D eigenvalue weighted by atomic mass is 10.0. The molecule has 0 radical (unpaired) electrons. The first-order chi connectivity index (χ1) is 11.2. The normalized spacial score (nSPS) is 23.4. The highest BCUT2D eigenvalue weighted by atomic mass is 16.3. The molecule has 118 valence electrons. The maximum Gasteiger partial charge on any atom is 0.126 e. The quantitative estimate of drug-likeness (QED) is 0.814. The SMILES string of the molecule is Nc1cc(N[C@@H]2CCC[C@@H]2O)c2ccc(C3=CC=NC3)cc2n1. The number of anilines is 2. The van der Waals surface area contributed by atoms with Crippen LogP contribution in [0.5, 0.6) is 0 Å². The molecule has 1 aliphatic heterocycles. The van der Waals surface area contributed by atoms with Gasteiger partial charge in [-0.1, -0.05) is 12.1 Å². The van der Waals surface area contributed by atoms with Gasteiger partial charge in [-0.05, 0) is 42.5 Å². The molecule has 23 heavy (non-hydrogen) atoms. The Kier molecular flexibility index (Phi) is 3.50. The van der Waals surface area contributed by atoms with Crippen LogP contribution in [0.3, 0.4) is 0 Å². The van der Waals surface area contributed by atoms with E-state index in [0.717, 1.165) is 41.4 Å². The van der Waals surface area contributed by atoms with Gasteiger partial charge < -0.3 is 16.2 Å². The Hall–Kier alpha value is -2.40. The largest absolute Gasteiger partial charge is 0.391 e. The predicted octanol–water partition coefficient (Wildman–Crippen LogP) is 2.61. The van der Waals surface area contributed by atoms with Crippen molar-refractivity contribution in [2.75, 3.05) is 17.6 Å². The fourth-order valence-electron chi connectivity index (χ4n) is 3.41. The van der Waals surface area contributed by atoms with E-state index in [1.54, 1.807) is 0 Å². The summed E-state index contributed by atoms with van der Waals surface area (Å²) in [5, 5.41) is 14.5. The molecular formula is C18H20N4O. The van der Waals surface area contributed by atoms with Crippen molar-refractivity contribution < 1.29 is 5.11 Å². The van der Waals surface area contributed by atoms with Gasteiger partial charge in [0, 0.05) is 23.4 Å². The summed E-state index contributed by atoms with van der Waals surface area (Å²) in [5.74, 6) is 0.487. The summed E-state index contributed by atoms with van der Waals surface area (Å²) in [7, 11) is 0. The Bertz CT molecular complexity index is 812. The van der Waals surface area contributed by atoms with Crippen molar-refractivity contribution in [3.05, 3.63) is 35.9 Å². The molecule has 5 nitrogen and oxygen atoms in total. The zero-order chi connectivity index (χ0) is 15.8. The lowest BCUT2D eigenvalue weighted by Gasteiger charge is -2.19. The van der Waals surface area contributed by atoms with Gasteiger partial charge in [0.1, 0.15) is 5.82 Å². The maximum absolute atomic E-state index is 10.0. The number of nitrogen functional groups attached to an aromatic ring is 1. The Morgan fingerprint density at radius 1 is 1.22 bits per heavy atom. The molecule has 2 aliphatic rings. The third kappa shape index (κ3) is 2.68. The second-order valence-electron chi connectivity index (χ2n) is 6.26. The third-order valence-corrected chi connectivity index (χ3v) is 4.66. The minimum Gasteiger partial charge on any atom is -0.391 e. The number of nitrogens with one attached hydrogen (secondary N) is 1. The van der Waals surface area contributed by atoms with Crippen LogP contribution >= 0.6 is 0 Å². The van der Waals surface area contributed by atoms with Crippen LogP contribution < -0.4 is 11.1 Å². The average molecular weight is 308 g/mol. The molecule has 5 heteroatoms. The second kappa shape index (κ2) is 5.66. The van der Waals surface area contributed by atoms with E-state index < -0.39 is 0 Å². The van der Waals surface area contributed by atoms with Crippen LogP contribution in [0.25, 0.3) is 16.5 Å². The van der Waals surface area contributed by atoms with Crippen molar-refractivity contribution in [3.8, 4) is 0 Å². The summed E-state index contributed by atoms with van der Waals surface area (Å²) in [4.78, 5) is 8.70. The number of benzene rings is 1. The molecule has 0 unspecified atom stereocenters. The highest BCUT2D eigenvalue weighted by molar-refractivity contribution is 5.97. The maximum atomic E-state index is 10.0. The van der Waals surface area contributed by atoms with E-state index in [2.05, 4.69) is 33.5 Å². The molecule has 2 aromatic rings. The fourth-order valence-corrected chi connectivity index (χ4v) is 3.41. The van der Waals surface area contributed by atoms with Crippen LogP contribution in [0.1, 0.15) is 24.8 Å². The summed E-state index contributed by atoms with van der Waals surface area (Å²) in [6, 6.07) is 8.16. The monoisotopic (exact) mass is 308 g/mol. The van der Waals surface area contributed by atoms with E-state index in [1.165, 1.54) is 5.57 Å². The van der Waals surface area contributed by atoms with Crippen LogP contribution in [-0.4, -0.2) is 35.0 Å². The highest BCUT2D eigenvalue weighted by Crippen LogP contribution is 2.31. The van der Waals surface area contributed by atoms with Gasteiger partial charge in [0.25, 0.3) is 0 Å². The van der Waals surface area contributed by atoms with Crippen LogP contribution in [0, 0.1) is 0 Å². The second-order valence-corrected chi connectivity index (χ2v) is 6.26. The molecule has 1 aromatic heterocycles. The minimum absolute atomic E-state index is 0.0885. The number of nitrogens with two attached hydrogens (primary N) is 1. The number of hydrogen-bond acceptors (Lipinski definition) is 5. The lowest BCUT2D eigenvalue weighted by molar-refractivity contribution is 0.172. The van der Waals surface area contributed by atoms with E-state index in [-0.39, 0.29) is 12.1 Å². The summed E-state index contributed by atoms with van der Waals surface area (Å²) < 4.78 is 0. The zero-order valence-electron chi connectivity index (χ0n) is 12.9. The number of fused-ring (bicyclic) bond motifs is 1. The Labute approximate surface area is 134 Å². The van der Waals surface area contributed by atoms with Gasteiger partial charge in [-0.2, -0.15) is 0 Å². The molecule has 2 atom stereocenters. The lowest BCUT2D eigenvalue weighted by Crippen LogP contribution is -2.28. The third-order valence-electron chi connectivity index (χ3n) is 4.66. The molecule has 1 aliphatic carbocycles. The number of nitrogens with zero attached hydrogens (tertiary/aromatic N) is 2. The molecule has 1 aromatic carbocycles. The summed E-state index contributed by atoms with van der Waals surface area (Å²) in [6.07, 6.45) is 6.46. The first kappa shape index (κ1) is 14.2. The van der Waals surface area contributed by atoms with Crippen molar-refractivity contribution in [2.45, 2.75) is 31.4 Å². The van der Waals surface area contributed by atoms with E-state index in [9.17, 15) is 5.11 Å². The van der Waals surface area contributed by atoms with Crippen LogP contribution in [0.15, 0.2) is 35.3 Å². The molecule has 1 saturated carbocycles. The van der Waals surface area contributed by atoms with Crippen LogP contribution in [0.4, 0.5) is 11.5 Å². The van der Waals surface area contributed by atoms with Gasteiger partial charge in [-0.15, -0.1) is 0 Å². The molecule has 2 heterocycles. The number of rotatable bonds is 3. The summed E-state index contributed by atoms with van der Waals surface area (Å²) in [5.41, 5.74) is 10.1. The molecule has 0 bridgehead atoms. The molecular weight excluding hydrogens is 288 g/mol. The van der Waals surface area contributed by atoms with E-state index >= 15 is 0 Å². The topological polar surface area (TPSA) is 83.5 Å². The number of aliphatic hydroxyl groups is 1. The van der Waals surface area contributed by atoms with Crippen molar-refractivity contribution in [3.63, 3.8) is 0 Å². The van der Waals surface area contributed by atoms with Crippen LogP contribution in [-0.2, 0) is 0 Å². The minimum atomic E-state index is -0.292. The van der Waals surface area contributed by atoms with Crippen molar-refractivity contribution >= 4 is 34.2 Å². The Balaban J connectivity index is 1.73. The van der Waals surface area contributed by atoms with Gasteiger partial charge in [0.2, 0.25) is 0 Å². The van der Waals surface area contributed by atoms with Gasteiger partial charge in [0.05, 0.1) is 24.2 Å². The van der Waals surface area contributed by atoms with E-state index in [1.807, 2.05) is 18.4 Å². The molecule has 0 amide bonds. The van der Waals surface area contributed by atoms with Gasteiger partial charge in [-0.25, -0.2) is 4.98 Å². The van der Waals surface area contributed by atoms with Gasteiger partial charge >= 0.3 is 0 Å². The number of pyridine rings is 1. The van der Waals surface area contributed by atoms with E-state index in [0.29, 0.717) is 12.4 Å². The zero-order valence-corrected chi connectivity index (χ0v) is 12.9. The summed E-state index contributed by atoms with van der Waals surface area (Å²) in [6.45, 7) is 0.715. The smallest absolute Gasteiger partial charge is 0.126 e. The predicted molar refractivity (Wildman–Crippen MR) is 94.8 cm³/mol. The summed E-state index contributed by atoms with van der Waals surface area (Å²) >= 11 is 0. The first-order valence-corrected chi connectivity index (χ1v) is 8.05. The van der Waals surface area contributed by atoms with Crippen molar-refractivity contribution in [1.82, 2.24) is 4.98 Å². The molecule has 4 N–H and O–H groups in total. The molecule has 1 fully saturated rings. The molecule has 0 spiro atoms. The fraction of sp³-hybridized carbons (Fsp3) is 0.333. The average Bonchev–Trinajstić information content (AvgIpc) is 3.19. The van der Waals surface area contributed by atoms with Crippen LogP contribution in [0.2, 0.25) is 0 Å². The van der Waals surface area contributed by atoms with Gasteiger partial charge in [0.15, 0.2) is 0 Å². The number of aliphatic hydroxyl groups excluding tert-OH is 1. The van der Waals surface area contributed by atoms with E-state index in [4.69, 9.17) is 5.73 Å². The molecule has 0 saturated heterocycles. The Morgan fingerprint density at radius 2 is 2.13 bits per heavy atom. The Morgan fingerprint density at radius 3 is 2.87 bits per heavy atom. The molecule has 4 rings (SSSR count). The number of aromatic nitrogens is 1.